The van der Waals surface area contributed by atoms with Gasteiger partial charge in [-0.1, -0.05) is 13.8 Å². The monoisotopic (exact) mass is 262 g/mol. The average Bonchev–Trinajstić information content (AvgIpc) is 2.29. The normalized spacial score (nSPS) is 10.8. The molecule has 0 fully saturated rings. The summed E-state index contributed by atoms with van der Waals surface area (Å²) in [6, 6.07) is 1.90. The topological polar surface area (TPSA) is 37.3 Å². The number of carbonyl (C=O) groups is 1. The molecule has 0 unspecified atom stereocenters. The van der Waals surface area contributed by atoms with Gasteiger partial charge in [0, 0.05) is 14.2 Å². The van der Waals surface area contributed by atoms with Crippen LogP contribution >= 0.6 is 27.3 Å². The van der Waals surface area contributed by atoms with E-state index in [2.05, 4.69) is 29.8 Å². The van der Waals surface area contributed by atoms with E-state index in [1.54, 1.807) is 11.3 Å². The minimum Gasteiger partial charge on any atom is -0.481 e. The smallest absolute Gasteiger partial charge is 0.308 e. The van der Waals surface area contributed by atoms with E-state index in [0.717, 1.165) is 9.35 Å². The van der Waals surface area contributed by atoms with Crippen LogP contribution < -0.4 is 0 Å². The Bertz CT molecular complexity index is 317. The molecular weight excluding hydrogens is 252 g/mol. The van der Waals surface area contributed by atoms with Gasteiger partial charge in [-0.2, -0.15) is 0 Å². The Morgan fingerprint density at radius 2 is 2.31 bits per heavy atom. The van der Waals surface area contributed by atoms with Crippen molar-refractivity contribution in [1.29, 1.82) is 0 Å². The van der Waals surface area contributed by atoms with E-state index in [1.165, 1.54) is 4.88 Å². The molecule has 0 radical (unpaired) electrons. The highest BCUT2D eigenvalue weighted by Crippen LogP contribution is 2.33. The summed E-state index contributed by atoms with van der Waals surface area (Å²) in [5.41, 5.74) is 0. The van der Waals surface area contributed by atoms with Gasteiger partial charge in [0.25, 0.3) is 0 Å². The summed E-state index contributed by atoms with van der Waals surface area (Å²) in [6.07, 6.45) is 0.121. The predicted molar refractivity (Wildman–Crippen MR) is 57.4 cm³/mol. The van der Waals surface area contributed by atoms with Crippen LogP contribution in [0.25, 0.3) is 0 Å². The second kappa shape index (κ2) is 4.24. The van der Waals surface area contributed by atoms with E-state index in [9.17, 15) is 4.79 Å². The van der Waals surface area contributed by atoms with Crippen LogP contribution in [-0.4, -0.2) is 11.1 Å². The molecule has 0 aliphatic heterocycles. The Morgan fingerprint density at radius 1 is 1.69 bits per heavy atom. The molecule has 0 aliphatic rings. The molecule has 13 heavy (non-hydrogen) atoms. The van der Waals surface area contributed by atoms with E-state index in [4.69, 9.17) is 5.11 Å². The molecule has 0 saturated heterocycles. The molecule has 0 saturated carbocycles. The summed E-state index contributed by atoms with van der Waals surface area (Å²) in [4.78, 5) is 12.6. The third kappa shape index (κ3) is 2.81. The van der Waals surface area contributed by atoms with Crippen molar-refractivity contribution in [3.63, 3.8) is 0 Å². The van der Waals surface area contributed by atoms with Crippen molar-refractivity contribution in [1.82, 2.24) is 0 Å². The van der Waals surface area contributed by atoms with E-state index in [-0.39, 0.29) is 6.42 Å². The highest BCUT2D eigenvalue weighted by Gasteiger charge is 2.11. The molecule has 0 spiro atoms. The van der Waals surface area contributed by atoms with Crippen molar-refractivity contribution in [3.05, 3.63) is 20.3 Å². The summed E-state index contributed by atoms with van der Waals surface area (Å²) in [5.74, 6) is -0.328. The van der Waals surface area contributed by atoms with Crippen LogP contribution in [0.1, 0.15) is 29.5 Å². The van der Waals surface area contributed by atoms with Crippen LogP contribution in [0.2, 0.25) is 0 Å². The van der Waals surface area contributed by atoms with E-state index in [1.807, 2.05) is 6.07 Å². The average molecular weight is 263 g/mol. The molecule has 0 atom stereocenters. The van der Waals surface area contributed by atoms with E-state index >= 15 is 0 Å². The summed E-state index contributed by atoms with van der Waals surface area (Å²) in [6.45, 7) is 4.20. The zero-order valence-electron chi connectivity index (χ0n) is 7.50. The van der Waals surface area contributed by atoms with Gasteiger partial charge in [-0.15, -0.1) is 11.3 Å². The highest BCUT2D eigenvalue weighted by atomic mass is 79.9. The number of carboxylic acid groups (broad SMARTS) is 1. The molecule has 0 aliphatic carbocycles. The summed E-state index contributed by atoms with van der Waals surface area (Å²) in [7, 11) is 0. The van der Waals surface area contributed by atoms with Gasteiger partial charge in [0.2, 0.25) is 0 Å². The zero-order chi connectivity index (χ0) is 10.0. The number of aliphatic carboxylic acids is 1. The Morgan fingerprint density at radius 3 is 2.69 bits per heavy atom. The molecule has 72 valence electrons. The second-order valence-corrected chi connectivity index (χ2v) is 5.17. The number of carboxylic acids is 1. The Labute approximate surface area is 89.7 Å². The number of thiophene rings is 1. The molecule has 1 rings (SSSR count). The zero-order valence-corrected chi connectivity index (χ0v) is 9.91. The molecule has 1 aromatic heterocycles. The molecule has 1 N–H and O–H groups in total. The van der Waals surface area contributed by atoms with Crippen molar-refractivity contribution in [2.75, 3.05) is 0 Å². The third-order valence-electron chi connectivity index (χ3n) is 1.61. The fraction of sp³-hybridized carbons (Fsp3) is 0.444. The lowest BCUT2D eigenvalue weighted by atomic mass is 10.2. The molecule has 4 heteroatoms. The fourth-order valence-electron chi connectivity index (χ4n) is 1.06. The number of hydrogen-bond donors (Lipinski definition) is 1. The molecule has 0 amide bonds. The van der Waals surface area contributed by atoms with Gasteiger partial charge >= 0.3 is 5.97 Å². The van der Waals surface area contributed by atoms with Crippen molar-refractivity contribution in [2.24, 2.45) is 0 Å². The minimum atomic E-state index is -0.774. The van der Waals surface area contributed by atoms with E-state index < -0.39 is 5.97 Å². The third-order valence-corrected chi connectivity index (χ3v) is 3.97. The number of hydrogen-bond acceptors (Lipinski definition) is 2. The van der Waals surface area contributed by atoms with Crippen LogP contribution in [0.3, 0.4) is 0 Å². The van der Waals surface area contributed by atoms with Gasteiger partial charge in [-0.3, -0.25) is 4.79 Å². The highest BCUT2D eigenvalue weighted by molar-refractivity contribution is 9.10. The Balaban J connectivity index is 2.88. The summed E-state index contributed by atoms with van der Waals surface area (Å²) < 4.78 is 1.03. The van der Waals surface area contributed by atoms with Crippen molar-refractivity contribution < 1.29 is 9.90 Å². The molecule has 1 heterocycles. The van der Waals surface area contributed by atoms with Crippen LogP contribution in [0.4, 0.5) is 0 Å². The molecule has 0 aromatic carbocycles. The first-order chi connectivity index (χ1) is 6.00. The SMILES string of the molecule is CC(C)c1sc(CC(=O)O)cc1Br. The first-order valence-corrected chi connectivity index (χ1v) is 5.61. The van der Waals surface area contributed by atoms with Gasteiger partial charge in [0.15, 0.2) is 0 Å². The molecule has 0 bridgehead atoms. The molecular formula is C9H11BrO2S. The number of rotatable bonds is 3. The minimum absolute atomic E-state index is 0.121. The maximum Gasteiger partial charge on any atom is 0.308 e. The largest absolute Gasteiger partial charge is 0.481 e. The first kappa shape index (κ1) is 10.7. The van der Waals surface area contributed by atoms with Crippen LogP contribution in [0.5, 0.6) is 0 Å². The van der Waals surface area contributed by atoms with Crippen molar-refractivity contribution in [3.8, 4) is 0 Å². The van der Waals surface area contributed by atoms with Gasteiger partial charge in [-0.25, -0.2) is 0 Å². The van der Waals surface area contributed by atoms with Gasteiger partial charge in [0.05, 0.1) is 6.42 Å². The van der Waals surface area contributed by atoms with Gasteiger partial charge in [0.1, 0.15) is 0 Å². The lowest BCUT2D eigenvalue weighted by Gasteiger charge is -1.99. The second-order valence-electron chi connectivity index (χ2n) is 3.15. The molecule has 2 nitrogen and oxygen atoms in total. The predicted octanol–water partition coefficient (Wildman–Crippen LogP) is 3.26. The number of halogens is 1. The van der Waals surface area contributed by atoms with Gasteiger partial charge < -0.3 is 5.11 Å². The standard InChI is InChI=1S/C9H11BrO2S/c1-5(2)9-7(10)3-6(13-9)4-8(11)12/h3,5H,4H2,1-2H3,(H,11,12). The first-order valence-electron chi connectivity index (χ1n) is 4.00. The van der Waals surface area contributed by atoms with Crippen LogP contribution in [-0.2, 0) is 11.2 Å². The van der Waals surface area contributed by atoms with Crippen LogP contribution in [0, 0.1) is 0 Å². The van der Waals surface area contributed by atoms with Crippen molar-refractivity contribution >= 4 is 33.2 Å². The maximum atomic E-state index is 10.5. The van der Waals surface area contributed by atoms with Crippen molar-refractivity contribution in [2.45, 2.75) is 26.2 Å². The van der Waals surface area contributed by atoms with Gasteiger partial charge in [-0.05, 0) is 27.9 Å². The Hall–Kier alpha value is -0.350. The quantitative estimate of drug-likeness (QED) is 0.908. The Kier molecular flexibility index (Phi) is 3.50. The lowest BCUT2D eigenvalue weighted by molar-refractivity contribution is -0.136. The maximum absolute atomic E-state index is 10.5. The summed E-state index contributed by atoms with van der Waals surface area (Å²) in [5, 5.41) is 8.60. The molecule has 1 aromatic rings. The lowest BCUT2D eigenvalue weighted by Crippen LogP contribution is -1.97. The van der Waals surface area contributed by atoms with E-state index in [0.29, 0.717) is 5.92 Å². The fourth-order valence-corrected chi connectivity index (χ4v) is 3.24. The van der Waals surface area contributed by atoms with Crippen LogP contribution in [0.15, 0.2) is 10.5 Å². The summed E-state index contributed by atoms with van der Waals surface area (Å²) >= 11 is 4.99.